The first-order valence-corrected chi connectivity index (χ1v) is 9.96. The van der Waals surface area contributed by atoms with Crippen LogP contribution in [0, 0.1) is 0 Å². The van der Waals surface area contributed by atoms with E-state index >= 15 is 0 Å². The number of carbonyl (C=O) groups excluding carboxylic acids is 2. The molecule has 0 unspecified atom stereocenters. The molecule has 2 aromatic rings. The fourth-order valence-corrected chi connectivity index (χ4v) is 3.43. The number of nitrogens with one attached hydrogen (secondary N) is 1. The van der Waals surface area contributed by atoms with Gasteiger partial charge in [0.25, 0.3) is 5.91 Å². The highest BCUT2D eigenvalue weighted by molar-refractivity contribution is 7.89. The molecule has 2 aromatic carbocycles. The van der Waals surface area contributed by atoms with Crippen molar-refractivity contribution in [3.05, 3.63) is 78.4 Å². The van der Waals surface area contributed by atoms with Crippen LogP contribution in [0.1, 0.15) is 15.9 Å². The van der Waals surface area contributed by atoms with Crippen molar-refractivity contribution in [2.45, 2.75) is 11.4 Å². The quantitative estimate of drug-likeness (QED) is 0.511. The Morgan fingerprint density at radius 3 is 2.32 bits per heavy atom. The zero-order valence-electron chi connectivity index (χ0n) is 15.5. The molecule has 0 bridgehead atoms. The maximum atomic E-state index is 12.9. The number of rotatable bonds is 9. The minimum atomic E-state index is -3.68. The van der Waals surface area contributed by atoms with Gasteiger partial charge in [0.05, 0.1) is 12.0 Å². The Hall–Kier alpha value is -2.97. The Morgan fingerprint density at radius 1 is 1.11 bits per heavy atom. The average molecular weight is 402 g/mol. The van der Waals surface area contributed by atoms with Crippen LogP contribution >= 0.6 is 0 Å². The van der Waals surface area contributed by atoms with Crippen LogP contribution < -0.4 is 4.72 Å². The molecule has 1 N–H and O–H groups in total. The van der Waals surface area contributed by atoms with Gasteiger partial charge in [-0.2, -0.15) is 0 Å². The number of methoxy groups -OCH3 is 1. The lowest BCUT2D eigenvalue weighted by Gasteiger charge is -2.22. The zero-order chi connectivity index (χ0) is 20.6. The van der Waals surface area contributed by atoms with E-state index in [9.17, 15) is 18.0 Å². The molecule has 7 nitrogen and oxygen atoms in total. The SMILES string of the molecule is C=CCNS(=O)(=O)c1ccc(C(=O)N(CC(=O)OC)Cc2ccccc2)cc1. The van der Waals surface area contributed by atoms with Gasteiger partial charge in [0, 0.05) is 18.7 Å². The normalized spacial score (nSPS) is 10.9. The molecule has 0 aliphatic rings. The molecule has 0 aliphatic heterocycles. The molecule has 0 aliphatic carbocycles. The van der Waals surface area contributed by atoms with E-state index in [1.807, 2.05) is 30.3 Å². The van der Waals surface area contributed by atoms with Gasteiger partial charge in [-0.3, -0.25) is 9.59 Å². The van der Waals surface area contributed by atoms with E-state index in [0.717, 1.165) is 5.56 Å². The van der Waals surface area contributed by atoms with Gasteiger partial charge in [-0.1, -0.05) is 36.4 Å². The number of nitrogens with zero attached hydrogens (tertiary/aromatic N) is 1. The van der Waals surface area contributed by atoms with E-state index < -0.39 is 21.9 Å². The zero-order valence-corrected chi connectivity index (χ0v) is 16.3. The second-order valence-electron chi connectivity index (χ2n) is 5.89. The number of amides is 1. The van der Waals surface area contributed by atoms with Crippen molar-refractivity contribution in [1.29, 1.82) is 0 Å². The predicted octanol–water partition coefficient (Wildman–Crippen LogP) is 1.97. The van der Waals surface area contributed by atoms with Crippen molar-refractivity contribution in [2.75, 3.05) is 20.2 Å². The molecular formula is C20H22N2O5S. The lowest BCUT2D eigenvalue weighted by molar-refractivity contribution is -0.141. The van der Waals surface area contributed by atoms with Gasteiger partial charge < -0.3 is 9.64 Å². The van der Waals surface area contributed by atoms with Crippen LogP contribution in [0.3, 0.4) is 0 Å². The summed E-state index contributed by atoms with van der Waals surface area (Å²) in [6.07, 6.45) is 1.43. The third-order valence-corrected chi connectivity index (χ3v) is 5.32. The summed E-state index contributed by atoms with van der Waals surface area (Å²) in [6, 6.07) is 14.7. The monoisotopic (exact) mass is 402 g/mol. The molecule has 0 atom stereocenters. The summed E-state index contributed by atoms with van der Waals surface area (Å²) in [5, 5.41) is 0. The predicted molar refractivity (Wildman–Crippen MR) is 105 cm³/mol. The average Bonchev–Trinajstić information content (AvgIpc) is 2.72. The highest BCUT2D eigenvalue weighted by Crippen LogP contribution is 2.14. The largest absolute Gasteiger partial charge is 0.468 e. The number of carbonyl (C=O) groups is 2. The van der Waals surface area contributed by atoms with Crippen molar-refractivity contribution >= 4 is 21.9 Å². The van der Waals surface area contributed by atoms with Gasteiger partial charge in [0.2, 0.25) is 10.0 Å². The molecule has 0 radical (unpaired) electrons. The van der Waals surface area contributed by atoms with Crippen LogP contribution in [0.5, 0.6) is 0 Å². The number of benzene rings is 2. The summed E-state index contributed by atoms with van der Waals surface area (Å²) in [5.74, 6) is -0.950. The molecule has 28 heavy (non-hydrogen) atoms. The standard InChI is InChI=1S/C20H22N2O5S/c1-3-13-21-28(25,26)18-11-9-17(10-12-18)20(24)22(15-19(23)27-2)14-16-7-5-4-6-8-16/h3-12,21H,1,13-15H2,2H3. The smallest absolute Gasteiger partial charge is 0.325 e. The molecule has 2 rings (SSSR count). The van der Waals surface area contributed by atoms with Crippen LogP contribution in [0.25, 0.3) is 0 Å². The van der Waals surface area contributed by atoms with Crippen molar-refractivity contribution in [2.24, 2.45) is 0 Å². The van der Waals surface area contributed by atoms with Gasteiger partial charge in [-0.25, -0.2) is 13.1 Å². The number of esters is 1. The van der Waals surface area contributed by atoms with E-state index in [1.54, 1.807) is 0 Å². The molecular weight excluding hydrogens is 380 g/mol. The summed E-state index contributed by atoms with van der Waals surface area (Å²) < 4.78 is 31.3. The first kappa shape index (κ1) is 21.3. The number of hydrogen-bond donors (Lipinski definition) is 1. The maximum absolute atomic E-state index is 12.9. The third-order valence-electron chi connectivity index (χ3n) is 3.88. The molecule has 0 heterocycles. The maximum Gasteiger partial charge on any atom is 0.325 e. The lowest BCUT2D eigenvalue weighted by atomic mass is 10.1. The lowest BCUT2D eigenvalue weighted by Crippen LogP contribution is -2.35. The van der Waals surface area contributed by atoms with Crippen LogP contribution in [0.2, 0.25) is 0 Å². The first-order chi connectivity index (χ1) is 13.4. The fourth-order valence-electron chi connectivity index (χ4n) is 2.43. The minimum Gasteiger partial charge on any atom is -0.468 e. The fraction of sp³-hybridized carbons (Fsp3) is 0.200. The van der Waals surface area contributed by atoms with E-state index in [1.165, 1.54) is 42.4 Å². The Bertz CT molecular complexity index is 925. The van der Waals surface area contributed by atoms with Crippen LogP contribution in [-0.2, 0) is 26.1 Å². The van der Waals surface area contributed by atoms with Crippen molar-refractivity contribution in [1.82, 2.24) is 9.62 Å². The molecule has 1 amide bonds. The second kappa shape index (κ2) is 9.82. The van der Waals surface area contributed by atoms with Crippen molar-refractivity contribution in [3.63, 3.8) is 0 Å². The first-order valence-electron chi connectivity index (χ1n) is 8.48. The van der Waals surface area contributed by atoms with Crippen LogP contribution in [0.4, 0.5) is 0 Å². The van der Waals surface area contributed by atoms with E-state index in [0.29, 0.717) is 0 Å². The van der Waals surface area contributed by atoms with E-state index in [-0.39, 0.29) is 30.1 Å². The topological polar surface area (TPSA) is 92.8 Å². The highest BCUT2D eigenvalue weighted by atomic mass is 32.2. The summed E-state index contributed by atoms with van der Waals surface area (Å²) in [5.41, 5.74) is 1.12. The Balaban J connectivity index is 2.23. The Morgan fingerprint density at radius 2 is 1.75 bits per heavy atom. The minimum absolute atomic E-state index is 0.0356. The van der Waals surface area contributed by atoms with E-state index in [2.05, 4.69) is 16.0 Å². The van der Waals surface area contributed by atoms with Crippen LogP contribution in [-0.4, -0.2) is 45.4 Å². The number of ether oxygens (including phenoxy) is 1. The highest BCUT2D eigenvalue weighted by Gasteiger charge is 2.21. The summed E-state index contributed by atoms with van der Waals surface area (Å²) in [4.78, 5) is 26.0. The van der Waals surface area contributed by atoms with Gasteiger partial charge in [0.15, 0.2) is 0 Å². The molecule has 0 fully saturated rings. The molecule has 8 heteroatoms. The Labute approximate surface area is 164 Å². The van der Waals surface area contributed by atoms with Gasteiger partial charge in [0.1, 0.15) is 6.54 Å². The van der Waals surface area contributed by atoms with E-state index in [4.69, 9.17) is 0 Å². The molecule has 0 spiro atoms. The third kappa shape index (κ3) is 5.77. The van der Waals surface area contributed by atoms with Gasteiger partial charge in [-0.05, 0) is 29.8 Å². The molecule has 148 valence electrons. The van der Waals surface area contributed by atoms with Gasteiger partial charge in [-0.15, -0.1) is 6.58 Å². The number of sulfonamides is 1. The summed E-state index contributed by atoms with van der Waals surface area (Å²) >= 11 is 0. The van der Waals surface area contributed by atoms with Crippen molar-refractivity contribution < 1.29 is 22.7 Å². The second-order valence-corrected chi connectivity index (χ2v) is 7.65. The summed E-state index contributed by atoms with van der Waals surface area (Å²) in [6.45, 7) is 3.57. The summed E-state index contributed by atoms with van der Waals surface area (Å²) in [7, 11) is -2.42. The van der Waals surface area contributed by atoms with Crippen LogP contribution in [0.15, 0.2) is 72.1 Å². The van der Waals surface area contributed by atoms with Crippen molar-refractivity contribution in [3.8, 4) is 0 Å². The Kier molecular flexibility index (Phi) is 7.48. The molecule has 0 saturated carbocycles. The van der Waals surface area contributed by atoms with Gasteiger partial charge >= 0.3 is 5.97 Å². The molecule has 0 aromatic heterocycles. The number of hydrogen-bond acceptors (Lipinski definition) is 5. The molecule has 0 saturated heterocycles.